The number of benzene rings is 2. The number of hydrogen-bond donors (Lipinski definition) is 2. The quantitative estimate of drug-likeness (QED) is 0.382. The Morgan fingerprint density at radius 1 is 1.17 bits per heavy atom. The van der Waals surface area contributed by atoms with Crippen molar-refractivity contribution < 1.29 is 19.2 Å². The molecule has 9 heteroatoms. The van der Waals surface area contributed by atoms with E-state index in [1.807, 2.05) is 6.07 Å². The molecule has 0 aromatic heterocycles. The van der Waals surface area contributed by atoms with Gasteiger partial charge in [-0.25, -0.2) is 0 Å². The summed E-state index contributed by atoms with van der Waals surface area (Å²) < 4.78 is 11.2. The van der Waals surface area contributed by atoms with Gasteiger partial charge in [-0.2, -0.15) is 0 Å². The van der Waals surface area contributed by atoms with Crippen molar-refractivity contribution in [3.8, 4) is 11.5 Å². The van der Waals surface area contributed by atoms with Crippen molar-refractivity contribution in [3.05, 3.63) is 57.1 Å². The number of nitrogens with one attached hydrogen (secondary N) is 2. The number of amides is 1. The molecule has 8 nitrogen and oxygen atoms in total. The highest BCUT2D eigenvalue weighted by molar-refractivity contribution is 6.32. The first-order valence-corrected chi connectivity index (χ1v) is 9.74. The number of nitro benzene ring substituents is 1. The van der Waals surface area contributed by atoms with Gasteiger partial charge in [0.25, 0.3) is 5.69 Å². The molecule has 154 valence electrons. The van der Waals surface area contributed by atoms with Gasteiger partial charge in [0, 0.05) is 43.8 Å². The lowest BCUT2D eigenvalue weighted by atomic mass is 10.2. The van der Waals surface area contributed by atoms with E-state index < -0.39 is 4.92 Å². The molecule has 0 aliphatic carbocycles. The number of carbonyl (C=O) groups excluding carboxylic acids is 1. The molecule has 0 saturated heterocycles. The molecule has 2 aromatic rings. The second-order valence-corrected chi connectivity index (χ2v) is 6.97. The zero-order valence-corrected chi connectivity index (χ0v) is 16.5. The van der Waals surface area contributed by atoms with E-state index in [-0.39, 0.29) is 11.6 Å². The Bertz CT molecular complexity index is 873. The predicted octanol–water partition coefficient (Wildman–Crippen LogP) is 3.92. The van der Waals surface area contributed by atoms with Crippen LogP contribution in [0.4, 0.5) is 11.4 Å². The molecule has 1 aliphatic heterocycles. The minimum absolute atomic E-state index is 0.0461. The third-order valence-electron chi connectivity index (χ3n) is 4.34. The molecule has 29 heavy (non-hydrogen) atoms. The van der Waals surface area contributed by atoms with Gasteiger partial charge in [-0.15, -0.1) is 0 Å². The average Bonchev–Trinajstić information content (AvgIpc) is 2.96. The normalized spacial score (nSPS) is 12.7. The number of anilines is 1. The van der Waals surface area contributed by atoms with Crippen molar-refractivity contribution in [2.45, 2.75) is 25.8 Å². The maximum absolute atomic E-state index is 12.1. The summed E-state index contributed by atoms with van der Waals surface area (Å²) in [6.07, 6.45) is 1.79. The van der Waals surface area contributed by atoms with E-state index in [0.717, 1.165) is 17.7 Å². The Morgan fingerprint density at radius 2 is 1.93 bits per heavy atom. The monoisotopic (exact) mass is 419 g/mol. The topological polar surface area (TPSA) is 103 Å². The number of hydrogen-bond acceptors (Lipinski definition) is 6. The van der Waals surface area contributed by atoms with Gasteiger partial charge in [0.2, 0.25) is 5.91 Å². The van der Waals surface area contributed by atoms with Crippen LogP contribution in [0, 0.1) is 10.1 Å². The first kappa shape index (κ1) is 20.7. The summed E-state index contributed by atoms with van der Waals surface area (Å²) >= 11 is 6.26. The van der Waals surface area contributed by atoms with Crippen molar-refractivity contribution in [1.29, 1.82) is 0 Å². The molecule has 2 N–H and O–H groups in total. The molecule has 3 rings (SSSR count). The van der Waals surface area contributed by atoms with Gasteiger partial charge in [-0.1, -0.05) is 11.6 Å². The summed E-state index contributed by atoms with van der Waals surface area (Å²) in [7, 11) is 0. The van der Waals surface area contributed by atoms with Gasteiger partial charge in [0.1, 0.15) is 0 Å². The van der Waals surface area contributed by atoms with E-state index in [1.54, 1.807) is 18.2 Å². The third kappa shape index (κ3) is 5.99. The summed E-state index contributed by atoms with van der Waals surface area (Å²) in [5.74, 6) is 1.09. The summed E-state index contributed by atoms with van der Waals surface area (Å²) in [5, 5.41) is 17.1. The minimum Gasteiger partial charge on any atom is -0.489 e. The maximum atomic E-state index is 12.1. The molecule has 1 heterocycles. The van der Waals surface area contributed by atoms with Crippen LogP contribution in [0.2, 0.25) is 5.02 Å². The molecule has 0 radical (unpaired) electrons. The van der Waals surface area contributed by atoms with Crippen LogP contribution in [-0.2, 0) is 11.3 Å². The van der Waals surface area contributed by atoms with Gasteiger partial charge in [-0.05, 0) is 36.2 Å². The Kier molecular flexibility index (Phi) is 7.13. The van der Waals surface area contributed by atoms with Gasteiger partial charge in [0.15, 0.2) is 11.5 Å². The molecule has 0 bridgehead atoms. The van der Waals surface area contributed by atoms with Crippen LogP contribution in [0.25, 0.3) is 0 Å². The van der Waals surface area contributed by atoms with Crippen LogP contribution in [0.15, 0.2) is 36.4 Å². The van der Waals surface area contributed by atoms with E-state index in [1.165, 1.54) is 12.1 Å². The summed E-state index contributed by atoms with van der Waals surface area (Å²) in [6.45, 7) is 2.07. The molecule has 0 saturated carbocycles. The van der Waals surface area contributed by atoms with E-state index >= 15 is 0 Å². The third-order valence-corrected chi connectivity index (χ3v) is 4.62. The molecular weight excluding hydrogens is 398 g/mol. The first-order valence-electron chi connectivity index (χ1n) is 9.36. The zero-order chi connectivity index (χ0) is 20.6. The largest absolute Gasteiger partial charge is 0.489 e. The second-order valence-electron chi connectivity index (χ2n) is 6.57. The molecule has 0 spiro atoms. The first-order chi connectivity index (χ1) is 14.0. The average molecular weight is 420 g/mol. The minimum atomic E-state index is -0.440. The number of fused-ring (bicyclic) bond motifs is 1. The Morgan fingerprint density at radius 3 is 2.69 bits per heavy atom. The standard InChI is InChI=1S/C20H22ClN3O5/c21-17-11-14(12-18-20(17)29-10-2-9-28-18)13-23-19(25)3-1-8-22-15-4-6-16(7-5-15)24(26)27/h4-7,11-12,22H,1-3,8-10,13H2,(H,23,25). The number of ether oxygens (including phenoxy) is 2. The van der Waals surface area contributed by atoms with Crippen LogP contribution >= 0.6 is 11.6 Å². The highest BCUT2D eigenvalue weighted by Crippen LogP contribution is 2.37. The Labute approximate surface area is 173 Å². The van der Waals surface area contributed by atoms with Gasteiger partial charge in [-0.3, -0.25) is 14.9 Å². The summed E-state index contributed by atoms with van der Waals surface area (Å²) in [6, 6.07) is 9.78. The van der Waals surface area contributed by atoms with E-state index in [2.05, 4.69) is 10.6 Å². The van der Waals surface area contributed by atoms with Crippen LogP contribution in [0.5, 0.6) is 11.5 Å². The second kappa shape index (κ2) is 9.97. The zero-order valence-electron chi connectivity index (χ0n) is 15.8. The van der Waals surface area contributed by atoms with Crippen LogP contribution in [0.1, 0.15) is 24.8 Å². The fraction of sp³-hybridized carbons (Fsp3) is 0.350. The Hall–Kier alpha value is -3.00. The Balaban J connectivity index is 1.40. The number of rotatable bonds is 8. The maximum Gasteiger partial charge on any atom is 0.269 e. The fourth-order valence-electron chi connectivity index (χ4n) is 2.86. The predicted molar refractivity (Wildman–Crippen MR) is 110 cm³/mol. The SMILES string of the molecule is O=C(CCCNc1ccc([N+](=O)[O-])cc1)NCc1cc(Cl)c2c(c1)OCCCO2. The van der Waals surface area contributed by atoms with Gasteiger partial charge in [0.05, 0.1) is 23.2 Å². The van der Waals surface area contributed by atoms with Crippen molar-refractivity contribution in [3.63, 3.8) is 0 Å². The number of carbonyl (C=O) groups is 1. The molecule has 0 atom stereocenters. The van der Waals surface area contributed by atoms with Crippen LogP contribution in [-0.4, -0.2) is 30.6 Å². The number of non-ortho nitro benzene ring substituents is 1. The molecule has 0 fully saturated rings. The van der Waals surface area contributed by atoms with Crippen LogP contribution < -0.4 is 20.1 Å². The molecule has 1 amide bonds. The number of halogens is 1. The van der Waals surface area contributed by atoms with E-state index in [0.29, 0.717) is 55.7 Å². The van der Waals surface area contributed by atoms with Crippen LogP contribution in [0.3, 0.4) is 0 Å². The lowest BCUT2D eigenvalue weighted by Gasteiger charge is -2.12. The molecule has 2 aromatic carbocycles. The molecule has 0 unspecified atom stereocenters. The summed E-state index contributed by atoms with van der Waals surface area (Å²) in [5.41, 5.74) is 1.67. The van der Waals surface area contributed by atoms with Crippen molar-refractivity contribution in [2.75, 3.05) is 25.1 Å². The van der Waals surface area contributed by atoms with Crippen molar-refractivity contribution in [2.24, 2.45) is 0 Å². The molecule has 1 aliphatic rings. The molecular formula is C20H22ClN3O5. The number of nitrogens with zero attached hydrogens (tertiary/aromatic N) is 1. The van der Waals surface area contributed by atoms with Crippen molar-refractivity contribution >= 4 is 28.9 Å². The number of nitro groups is 1. The summed E-state index contributed by atoms with van der Waals surface area (Å²) in [4.78, 5) is 22.3. The van der Waals surface area contributed by atoms with E-state index in [4.69, 9.17) is 21.1 Å². The van der Waals surface area contributed by atoms with E-state index in [9.17, 15) is 14.9 Å². The smallest absolute Gasteiger partial charge is 0.269 e. The highest BCUT2D eigenvalue weighted by Gasteiger charge is 2.15. The van der Waals surface area contributed by atoms with Gasteiger partial charge >= 0.3 is 0 Å². The highest BCUT2D eigenvalue weighted by atomic mass is 35.5. The van der Waals surface area contributed by atoms with Gasteiger partial charge < -0.3 is 20.1 Å². The fourth-order valence-corrected chi connectivity index (χ4v) is 3.15. The van der Waals surface area contributed by atoms with Crippen molar-refractivity contribution in [1.82, 2.24) is 5.32 Å². The lowest BCUT2D eigenvalue weighted by molar-refractivity contribution is -0.384. The lowest BCUT2D eigenvalue weighted by Crippen LogP contribution is -2.23.